The van der Waals surface area contributed by atoms with E-state index >= 15 is 0 Å². The van der Waals surface area contributed by atoms with Crippen molar-refractivity contribution in [3.63, 3.8) is 0 Å². The van der Waals surface area contributed by atoms with Crippen molar-refractivity contribution < 1.29 is 1.43 Å². The van der Waals surface area contributed by atoms with E-state index in [9.17, 15) is 0 Å². The fourth-order valence-corrected chi connectivity index (χ4v) is 0.204. The molecule has 0 aliphatic rings. The third-order valence-electron chi connectivity index (χ3n) is 0.558. The fourth-order valence-electron chi connectivity index (χ4n) is 0.204. The zero-order chi connectivity index (χ0) is 4.12. The van der Waals surface area contributed by atoms with Crippen LogP contribution in [0.3, 0.4) is 0 Å². The second kappa shape index (κ2) is 3.96. The summed E-state index contributed by atoms with van der Waals surface area (Å²) >= 11 is 0. The summed E-state index contributed by atoms with van der Waals surface area (Å²) in [5.41, 5.74) is 5.14. The highest BCUT2D eigenvalue weighted by atomic mass is 14.5. The highest BCUT2D eigenvalue weighted by molar-refractivity contribution is 4.29. The zero-order valence-corrected chi connectivity index (χ0v) is 3.70. The molecule has 0 spiro atoms. The maximum Gasteiger partial charge on any atom is 0 e. The molecule has 2 N–H and O–H groups in total. The van der Waals surface area contributed by atoms with Gasteiger partial charge in [-0.2, -0.15) is 0 Å². The lowest BCUT2D eigenvalue weighted by Crippen LogP contribution is -1.95. The quantitative estimate of drug-likeness (QED) is 0.520. The topological polar surface area (TPSA) is 26.0 Å². The predicted octanol–water partition coefficient (Wildman–Crippen LogP) is 0.991. The number of hydrogen-bond donors (Lipinski definition) is 1. The van der Waals surface area contributed by atoms with Crippen molar-refractivity contribution in [3.05, 3.63) is 0 Å². The minimum absolute atomic E-state index is 0. The van der Waals surface area contributed by atoms with Gasteiger partial charge in [-0.1, -0.05) is 13.3 Å². The molecule has 5 heavy (non-hydrogen) atoms. The first-order valence-electron chi connectivity index (χ1n) is 2.12. The molecule has 0 amide bonds. The second-order valence-electron chi connectivity index (χ2n) is 1.14. The monoisotopic (exact) mass is 75.1 g/mol. The Labute approximate surface area is 34.7 Å². The van der Waals surface area contributed by atoms with E-state index in [1.165, 1.54) is 12.8 Å². The molecule has 1 nitrogen and oxygen atoms in total. The smallest absolute Gasteiger partial charge is 0 e. The third kappa shape index (κ3) is 3.96. The van der Waals surface area contributed by atoms with Crippen molar-refractivity contribution >= 4 is 0 Å². The molecule has 0 saturated heterocycles. The van der Waals surface area contributed by atoms with Crippen molar-refractivity contribution in [2.75, 3.05) is 6.54 Å². The average molecular weight is 75.2 g/mol. The molecule has 0 unspecified atom stereocenters. The molecule has 0 aliphatic carbocycles. The van der Waals surface area contributed by atoms with Gasteiger partial charge in [0.2, 0.25) is 0 Å². The van der Waals surface area contributed by atoms with Crippen LogP contribution in [0.5, 0.6) is 0 Å². The predicted molar refractivity (Wildman–Crippen MR) is 26.1 cm³/mol. The number of rotatable bonds is 2. The van der Waals surface area contributed by atoms with E-state index in [1.54, 1.807) is 0 Å². The molecule has 0 aromatic carbocycles. The van der Waals surface area contributed by atoms with E-state index in [0.717, 1.165) is 6.54 Å². The molecular weight excluding hydrogens is 62.1 g/mol. The van der Waals surface area contributed by atoms with Gasteiger partial charge in [0.25, 0.3) is 0 Å². The lowest BCUT2D eigenvalue weighted by atomic mass is 10.3. The van der Waals surface area contributed by atoms with Gasteiger partial charge in [0.05, 0.1) is 0 Å². The largest absolute Gasteiger partial charge is 0.330 e. The van der Waals surface area contributed by atoms with E-state index in [4.69, 9.17) is 5.73 Å². The van der Waals surface area contributed by atoms with Crippen LogP contribution < -0.4 is 5.73 Å². The van der Waals surface area contributed by atoms with E-state index in [-0.39, 0.29) is 1.43 Å². The summed E-state index contributed by atoms with van der Waals surface area (Å²) in [7, 11) is 0. The Balaban J connectivity index is 0. The van der Waals surface area contributed by atoms with Gasteiger partial charge in [0.15, 0.2) is 0 Å². The standard InChI is InChI=1S/C4H11N.H2/c1-2-3-4-5;/h2-5H2,1H3;1H. The van der Waals surface area contributed by atoms with Crippen LogP contribution in [0.25, 0.3) is 0 Å². The molecule has 0 saturated carbocycles. The van der Waals surface area contributed by atoms with Gasteiger partial charge in [-0.05, 0) is 13.0 Å². The number of hydrogen-bond acceptors (Lipinski definition) is 1. The summed E-state index contributed by atoms with van der Waals surface area (Å²) < 4.78 is 0. The van der Waals surface area contributed by atoms with Crippen molar-refractivity contribution in [1.82, 2.24) is 0 Å². The first-order valence-corrected chi connectivity index (χ1v) is 2.12. The molecule has 0 rings (SSSR count). The van der Waals surface area contributed by atoms with Crippen LogP contribution in [0.1, 0.15) is 21.2 Å². The van der Waals surface area contributed by atoms with Gasteiger partial charge >= 0.3 is 0 Å². The van der Waals surface area contributed by atoms with Gasteiger partial charge in [-0.15, -0.1) is 0 Å². The van der Waals surface area contributed by atoms with Crippen molar-refractivity contribution in [1.29, 1.82) is 0 Å². The van der Waals surface area contributed by atoms with E-state index < -0.39 is 0 Å². The fraction of sp³-hybridized carbons (Fsp3) is 1.00. The third-order valence-corrected chi connectivity index (χ3v) is 0.558. The molecule has 1 heteroatoms. The molecule has 0 heterocycles. The van der Waals surface area contributed by atoms with Crippen LogP contribution in [0, 0.1) is 0 Å². The van der Waals surface area contributed by atoms with E-state index in [2.05, 4.69) is 6.92 Å². The van der Waals surface area contributed by atoms with Crippen LogP contribution in [-0.2, 0) is 0 Å². The minimum atomic E-state index is 0. The van der Waals surface area contributed by atoms with Gasteiger partial charge < -0.3 is 5.73 Å². The van der Waals surface area contributed by atoms with E-state index in [1.807, 2.05) is 0 Å². The number of nitrogens with two attached hydrogens (primary N) is 1. The summed E-state index contributed by atoms with van der Waals surface area (Å²) in [6.07, 6.45) is 2.39. The normalized spacial score (nSPS) is 8.40. The molecule has 0 aromatic rings. The van der Waals surface area contributed by atoms with Crippen molar-refractivity contribution in [2.45, 2.75) is 19.8 Å². The molecule has 0 fully saturated rings. The van der Waals surface area contributed by atoms with Gasteiger partial charge in [0, 0.05) is 1.43 Å². The van der Waals surface area contributed by atoms with Crippen LogP contribution >= 0.6 is 0 Å². The van der Waals surface area contributed by atoms with Gasteiger partial charge in [-0.25, -0.2) is 0 Å². The lowest BCUT2D eigenvalue weighted by molar-refractivity contribution is 0.807. The molecule has 0 atom stereocenters. The molecular formula is C4H13N. The van der Waals surface area contributed by atoms with Crippen LogP contribution in [0.2, 0.25) is 0 Å². The maximum absolute atomic E-state index is 5.14. The zero-order valence-electron chi connectivity index (χ0n) is 3.70. The van der Waals surface area contributed by atoms with Crippen LogP contribution in [0.4, 0.5) is 0 Å². The highest BCUT2D eigenvalue weighted by Crippen LogP contribution is 1.77. The van der Waals surface area contributed by atoms with Gasteiger partial charge in [-0.3, -0.25) is 0 Å². The minimum Gasteiger partial charge on any atom is -0.330 e. The molecule has 0 aromatic heterocycles. The van der Waals surface area contributed by atoms with Crippen molar-refractivity contribution in [3.8, 4) is 0 Å². The summed E-state index contributed by atoms with van der Waals surface area (Å²) in [4.78, 5) is 0. The first-order chi connectivity index (χ1) is 2.41. The summed E-state index contributed by atoms with van der Waals surface area (Å²) in [5, 5.41) is 0. The van der Waals surface area contributed by atoms with E-state index in [0.29, 0.717) is 0 Å². The Morgan fingerprint density at radius 3 is 2.40 bits per heavy atom. The Bertz CT molecular complexity index is 15.0. The summed E-state index contributed by atoms with van der Waals surface area (Å²) in [6.45, 7) is 2.98. The first kappa shape index (κ1) is 4.96. The molecule has 0 bridgehead atoms. The molecule has 0 aliphatic heterocycles. The Morgan fingerprint density at radius 2 is 2.40 bits per heavy atom. The Morgan fingerprint density at radius 1 is 1.80 bits per heavy atom. The Kier molecular flexibility index (Phi) is 3.93. The SMILES string of the molecule is CCCCN.[HH]. The van der Waals surface area contributed by atoms with Crippen LogP contribution in [0.15, 0.2) is 0 Å². The van der Waals surface area contributed by atoms with Crippen molar-refractivity contribution in [2.24, 2.45) is 5.73 Å². The second-order valence-corrected chi connectivity index (χ2v) is 1.14. The maximum atomic E-state index is 5.14. The Hall–Kier alpha value is -0.0400. The number of unbranched alkanes of at least 4 members (excludes halogenated alkanes) is 1. The van der Waals surface area contributed by atoms with Crippen LogP contribution in [-0.4, -0.2) is 6.54 Å². The highest BCUT2D eigenvalue weighted by Gasteiger charge is 1.67. The van der Waals surface area contributed by atoms with Gasteiger partial charge in [0.1, 0.15) is 0 Å². The lowest BCUT2D eigenvalue weighted by Gasteiger charge is -1.80. The summed E-state index contributed by atoms with van der Waals surface area (Å²) in [6, 6.07) is 0. The molecule has 0 radical (unpaired) electrons. The average Bonchev–Trinajstić information content (AvgIpc) is 1.41. The summed E-state index contributed by atoms with van der Waals surface area (Å²) in [5.74, 6) is 0. The molecule has 34 valence electrons.